The number of nitro groups is 1. The molecule has 2 aliphatic carbocycles. The molecule has 0 amide bonds. The second-order valence-corrected chi connectivity index (χ2v) is 7.41. The highest BCUT2D eigenvalue weighted by Crippen LogP contribution is 2.63. The molecule has 1 N–H and O–H groups in total. The first kappa shape index (κ1) is 14.3. The highest BCUT2D eigenvalue weighted by atomic mass is 19.1. The summed E-state index contributed by atoms with van der Waals surface area (Å²) in [6, 6.07) is 3.74. The van der Waals surface area contributed by atoms with Gasteiger partial charge in [-0.2, -0.15) is 0 Å². The Morgan fingerprint density at radius 1 is 1.38 bits per heavy atom. The lowest BCUT2D eigenvalue weighted by atomic mass is 9.68. The van der Waals surface area contributed by atoms with Crippen LogP contribution in [0.1, 0.15) is 40.0 Å². The number of fused-ring (bicyclic) bond motifs is 2. The Kier molecular flexibility index (Phi) is 3.01. The lowest BCUT2D eigenvalue weighted by Crippen LogP contribution is -2.45. The van der Waals surface area contributed by atoms with Gasteiger partial charge in [0.1, 0.15) is 11.5 Å². The number of nitrogens with one attached hydrogen (secondary N) is 1. The predicted molar refractivity (Wildman–Crippen MR) is 79.7 cm³/mol. The summed E-state index contributed by atoms with van der Waals surface area (Å²) in [6.07, 6.45) is 3.48. The van der Waals surface area contributed by atoms with Crippen molar-refractivity contribution in [3.8, 4) is 0 Å². The normalized spacial score (nSPS) is 33.1. The van der Waals surface area contributed by atoms with Gasteiger partial charge < -0.3 is 5.32 Å². The van der Waals surface area contributed by atoms with E-state index in [9.17, 15) is 14.5 Å². The van der Waals surface area contributed by atoms with Crippen molar-refractivity contribution in [2.75, 3.05) is 5.32 Å². The maximum atomic E-state index is 13.5. The quantitative estimate of drug-likeness (QED) is 0.665. The summed E-state index contributed by atoms with van der Waals surface area (Å²) < 4.78 is 13.5. The zero-order chi connectivity index (χ0) is 15.4. The zero-order valence-electron chi connectivity index (χ0n) is 12.6. The van der Waals surface area contributed by atoms with Crippen molar-refractivity contribution in [3.63, 3.8) is 0 Å². The molecule has 0 aromatic heterocycles. The summed E-state index contributed by atoms with van der Waals surface area (Å²) >= 11 is 0. The van der Waals surface area contributed by atoms with Gasteiger partial charge in [0, 0.05) is 18.2 Å². The fraction of sp³-hybridized carbons (Fsp3) is 0.625. The van der Waals surface area contributed by atoms with Gasteiger partial charge >= 0.3 is 0 Å². The van der Waals surface area contributed by atoms with Crippen LogP contribution in [0.4, 0.5) is 15.8 Å². The third-order valence-electron chi connectivity index (χ3n) is 5.72. The minimum atomic E-state index is -0.454. The summed E-state index contributed by atoms with van der Waals surface area (Å²) in [4.78, 5) is 10.7. The lowest BCUT2D eigenvalue weighted by molar-refractivity contribution is -0.384. The smallest absolute Gasteiger partial charge is 0.292 e. The standard InChI is InChI=1S/C16H21FN2O2/c1-15(2)10-6-7-16(3,9-10)14(15)18-12-8-11(17)4-5-13(12)19(20)21/h4-5,8,10,14,18H,6-7,9H2,1-3H3. The number of hydrogen-bond donors (Lipinski definition) is 1. The van der Waals surface area contributed by atoms with Gasteiger partial charge in [0.05, 0.1) is 4.92 Å². The molecular weight excluding hydrogens is 271 g/mol. The Morgan fingerprint density at radius 3 is 2.67 bits per heavy atom. The van der Waals surface area contributed by atoms with Crippen molar-refractivity contribution in [2.24, 2.45) is 16.7 Å². The van der Waals surface area contributed by atoms with E-state index in [-0.39, 0.29) is 22.6 Å². The molecule has 0 radical (unpaired) electrons. The molecule has 0 heterocycles. The van der Waals surface area contributed by atoms with Gasteiger partial charge in [-0.15, -0.1) is 0 Å². The van der Waals surface area contributed by atoms with Gasteiger partial charge in [0.15, 0.2) is 0 Å². The first-order valence-electron chi connectivity index (χ1n) is 7.44. The van der Waals surface area contributed by atoms with Gasteiger partial charge in [-0.3, -0.25) is 10.1 Å². The van der Waals surface area contributed by atoms with Crippen LogP contribution in [0.2, 0.25) is 0 Å². The first-order valence-corrected chi connectivity index (χ1v) is 7.44. The molecule has 2 aliphatic rings. The van der Waals surface area contributed by atoms with Crippen molar-refractivity contribution in [1.82, 2.24) is 0 Å². The van der Waals surface area contributed by atoms with Crippen molar-refractivity contribution < 1.29 is 9.31 Å². The summed E-state index contributed by atoms with van der Waals surface area (Å²) in [7, 11) is 0. The van der Waals surface area contributed by atoms with E-state index in [2.05, 4.69) is 26.1 Å². The number of halogens is 1. The van der Waals surface area contributed by atoms with Gasteiger partial charge in [0.2, 0.25) is 0 Å². The van der Waals surface area contributed by atoms with E-state index < -0.39 is 10.7 Å². The van der Waals surface area contributed by atoms with Crippen molar-refractivity contribution in [2.45, 2.75) is 46.1 Å². The highest BCUT2D eigenvalue weighted by Gasteiger charge is 2.59. The van der Waals surface area contributed by atoms with E-state index >= 15 is 0 Å². The summed E-state index contributed by atoms with van der Waals surface area (Å²) in [6.45, 7) is 6.67. The molecule has 2 saturated carbocycles. The van der Waals surface area contributed by atoms with E-state index in [1.54, 1.807) is 0 Å². The van der Waals surface area contributed by atoms with Crippen LogP contribution in [-0.4, -0.2) is 11.0 Å². The van der Waals surface area contributed by atoms with E-state index in [0.717, 1.165) is 18.9 Å². The minimum absolute atomic E-state index is 0.0569. The van der Waals surface area contributed by atoms with Crippen molar-refractivity contribution >= 4 is 11.4 Å². The molecule has 114 valence electrons. The Balaban J connectivity index is 1.97. The van der Waals surface area contributed by atoms with Crippen molar-refractivity contribution in [1.29, 1.82) is 0 Å². The third kappa shape index (κ3) is 2.10. The van der Waals surface area contributed by atoms with Crippen molar-refractivity contribution in [3.05, 3.63) is 34.1 Å². The molecule has 3 unspecified atom stereocenters. The molecule has 0 aliphatic heterocycles. The number of nitrogens with zero attached hydrogens (tertiary/aromatic N) is 1. The molecule has 4 nitrogen and oxygen atoms in total. The van der Waals surface area contributed by atoms with Crippen LogP contribution >= 0.6 is 0 Å². The SMILES string of the molecule is CC12CCC(C1)C(C)(C)C2Nc1cc(F)ccc1[N+](=O)[O-]. The zero-order valence-corrected chi connectivity index (χ0v) is 12.6. The number of rotatable bonds is 3. The monoisotopic (exact) mass is 292 g/mol. The Labute approximate surface area is 123 Å². The number of nitro benzene ring substituents is 1. The summed E-state index contributed by atoms with van der Waals surface area (Å²) in [5, 5.41) is 14.5. The van der Waals surface area contributed by atoms with Gasteiger partial charge in [-0.1, -0.05) is 20.8 Å². The molecule has 0 saturated heterocycles. The lowest BCUT2D eigenvalue weighted by Gasteiger charge is -2.43. The molecule has 0 spiro atoms. The maximum absolute atomic E-state index is 13.5. The van der Waals surface area contributed by atoms with Crippen LogP contribution in [0, 0.1) is 32.7 Å². The fourth-order valence-electron chi connectivity index (χ4n) is 4.60. The Bertz CT molecular complexity index is 597. The van der Waals surface area contributed by atoms with E-state index in [0.29, 0.717) is 11.6 Å². The number of benzene rings is 1. The summed E-state index contributed by atoms with van der Waals surface area (Å²) in [5.41, 5.74) is 0.437. The van der Waals surface area contributed by atoms with E-state index in [1.807, 2.05) is 0 Å². The molecule has 1 aromatic rings. The largest absolute Gasteiger partial charge is 0.376 e. The predicted octanol–water partition coefficient (Wildman–Crippen LogP) is 4.36. The number of anilines is 1. The van der Waals surface area contributed by atoms with Gasteiger partial charge in [-0.05, 0) is 42.1 Å². The number of hydrogen-bond acceptors (Lipinski definition) is 3. The van der Waals surface area contributed by atoms with E-state index in [4.69, 9.17) is 0 Å². The Hall–Kier alpha value is -1.65. The second kappa shape index (κ2) is 4.42. The third-order valence-corrected chi connectivity index (χ3v) is 5.72. The van der Waals surface area contributed by atoms with Crippen LogP contribution in [-0.2, 0) is 0 Å². The van der Waals surface area contributed by atoms with Gasteiger partial charge in [0.25, 0.3) is 5.69 Å². The molecule has 5 heteroatoms. The Morgan fingerprint density at radius 2 is 2.10 bits per heavy atom. The molecule has 21 heavy (non-hydrogen) atoms. The molecule has 1 aromatic carbocycles. The topological polar surface area (TPSA) is 55.2 Å². The molecule has 3 rings (SSSR count). The minimum Gasteiger partial charge on any atom is -0.376 e. The summed E-state index contributed by atoms with van der Waals surface area (Å²) in [5.74, 6) is 0.182. The van der Waals surface area contributed by atoms with Crippen LogP contribution in [0.25, 0.3) is 0 Å². The van der Waals surface area contributed by atoms with Crippen LogP contribution < -0.4 is 5.32 Å². The van der Waals surface area contributed by atoms with Gasteiger partial charge in [-0.25, -0.2) is 4.39 Å². The molecule has 2 fully saturated rings. The van der Waals surface area contributed by atoms with E-state index in [1.165, 1.54) is 18.6 Å². The maximum Gasteiger partial charge on any atom is 0.292 e. The first-order chi connectivity index (χ1) is 9.74. The highest BCUT2D eigenvalue weighted by molar-refractivity contribution is 5.62. The fourth-order valence-corrected chi connectivity index (χ4v) is 4.60. The van der Waals surface area contributed by atoms with Crippen LogP contribution in [0.15, 0.2) is 18.2 Å². The molecular formula is C16H21FN2O2. The second-order valence-electron chi connectivity index (χ2n) is 7.41. The molecule has 3 atom stereocenters. The molecule has 2 bridgehead atoms. The van der Waals surface area contributed by atoms with Crippen LogP contribution in [0.3, 0.4) is 0 Å². The average molecular weight is 292 g/mol. The van der Waals surface area contributed by atoms with Crippen LogP contribution in [0.5, 0.6) is 0 Å². The average Bonchev–Trinajstić information content (AvgIpc) is 2.85.